The van der Waals surface area contributed by atoms with Crippen molar-refractivity contribution in [1.29, 1.82) is 0 Å². The number of nitrogens with zero attached hydrogens (tertiary/aromatic N) is 2. The molecule has 6 nitrogen and oxygen atoms in total. The monoisotopic (exact) mass is 463 g/mol. The summed E-state index contributed by atoms with van der Waals surface area (Å²) in [6.07, 6.45) is 1.92. The second-order valence-corrected chi connectivity index (χ2v) is 9.28. The van der Waals surface area contributed by atoms with Crippen LogP contribution in [0.25, 0.3) is 21.2 Å². The predicted octanol–water partition coefficient (Wildman–Crippen LogP) is 3.89. The quantitative estimate of drug-likeness (QED) is 0.622. The maximum Gasteiger partial charge on any atom is 0.259 e. The van der Waals surface area contributed by atoms with Gasteiger partial charge in [0.2, 0.25) is 0 Å². The zero-order valence-electron chi connectivity index (χ0n) is 18.6. The van der Waals surface area contributed by atoms with Gasteiger partial charge in [0.1, 0.15) is 0 Å². The number of aryl methyl sites for hydroxylation is 1. The standard InChI is InChI=1S/C23H29N3O3S.ClH/c1-14-10-26(11-15(2)24-14)12-17-9-18-22(30-17)19(13-25(3)23(18)27)16-6-7-20(28-4)21(8-16)29-5;/h6-9,13-15,24H,10-12H2,1-5H3;1H. The number of piperazine rings is 1. The molecule has 0 bridgehead atoms. The van der Waals surface area contributed by atoms with Crippen molar-refractivity contribution in [2.24, 2.45) is 7.05 Å². The first kappa shape index (κ1) is 23.6. The highest BCUT2D eigenvalue weighted by Gasteiger charge is 2.22. The molecule has 0 aliphatic carbocycles. The molecule has 1 aliphatic heterocycles. The van der Waals surface area contributed by atoms with Gasteiger partial charge in [-0.1, -0.05) is 6.07 Å². The first-order valence-corrected chi connectivity index (χ1v) is 11.0. The number of fused-ring (bicyclic) bond motifs is 1. The highest BCUT2D eigenvalue weighted by Crippen LogP contribution is 2.37. The molecule has 3 aromatic rings. The molecule has 1 aliphatic rings. The van der Waals surface area contributed by atoms with Crippen LogP contribution in [-0.4, -0.2) is 48.9 Å². The van der Waals surface area contributed by atoms with Crippen molar-refractivity contribution >= 4 is 33.8 Å². The molecule has 1 fully saturated rings. The van der Waals surface area contributed by atoms with E-state index in [1.807, 2.05) is 31.4 Å². The average molecular weight is 464 g/mol. The Balaban J connectivity index is 0.00000272. The van der Waals surface area contributed by atoms with Gasteiger partial charge in [0.25, 0.3) is 5.56 Å². The van der Waals surface area contributed by atoms with E-state index in [9.17, 15) is 4.79 Å². The summed E-state index contributed by atoms with van der Waals surface area (Å²) in [6, 6.07) is 8.90. The molecule has 0 radical (unpaired) electrons. The minimum atomic E-state index is 0. The molecule has 2 aromatic heterocycles. The lowest BCUT2D eigenvalue weighted by molar-refractivity contribution is 0.168. The maximum absolute atomic E-state index is 12.8. The lowest BCUT2D eigenvalue weighted by Gasteiger charge is -2.35. The molecule has 1 saturated heterocycles. The van der Waals surface area contributed by atoms with Gasteiger partial charge in [-0.05, 0) is 37.6 Å². The maximum atomic E-state index is 12.8. The zero-order chi connectivity index (χ0) is 21.4. The molecular weight excluding hydrogens is 434 g/mol. The van der Waals surface area contributed by atoms with Crippen LogP contribution < -0.4 is 20.3 Å². The largest absolute Gasteiger partial charge is 0.493 e. The van der Waals surface area contributed by atoms with Crippen LogP contribution in [0.2, 0.25) is 0 Å². The number of pyridine rings is 1. The Labute approximate surface area is 193 Å². The first-order valence-electron chi connectivity index (χ1n) is 10.2. The van der Waals surface area contributed by atoms with E-state index in [2.05, 4.69) is 30.1 Å². The Kier molecular flexibility index (Phi) is 7.31. The molecule has 0 saturated carbocycles. The highest BCUT2D eigenvalue weighted by atomic mass is 35.5. The van der Waals surface area contributed by atoms with Gasteiger partial charge < -0.3 is 19.4 Å². The molecule has 0 spiro atoms. The lowest BCUT2D eigenvalue weighted by atomic mass is 10.1. The van der Waals surface area contributed by atoms with Gasteiger partial charge >= 0.3 is 0 Å². The molecule has 1 N–H and O–H groups in total. The van der Waals surface area contributed by atoms with E-state index < -0.39 is 0 Å². The number of benzene rings is 1. The number of hydrogen-bond acceptors (Lipinski definition) is 6. The van der Waals surface area contributed by atoms with Gasteiger partial charge in [0.15, 0.2) is 11.5 Å². The van der Waals surface area contributed by atoms with Crippen molar-refractivity contribution in [3.63, 3.8) is 0 Å². The number of ether oxygens (including phenoxy) is 2. The third-order valence-corrected chi connectivity index (χ3v) is 6.76. The van der Waals surface area contributed by atoms with Crippen molar-refractivity contribution in [1.82, 2.24) is 14.8 Å². The SMILES string of the molecule is COc1ccc(-c2cn(C)c(=O)c3cc(CN4CC(C)NC(C)C4)sc23)cc1OC.Cl. The number of aromatic nitrogens is 1. The molecule has 31 heavy (non-hydrogen) atoms. The number of thiophene rings is 1. The molecule has 1 aromatic carbocycles. The lowest BCUT2D eigenvalue weighted by Crippen LogP contribution is -2.53. The van der Waals surface area contributed by atoms with Crippen molar-refractivity contribution in [3.8, 4) is 22.6 Å². The molecule has 2 atom stereocenters. The van der Waals surface area contributed by atoms with E-state index in [1.165, 1.54) is 4.88 Å². The van der Waals surface area contributed by atoms with Crippen molar-refractivity contribution in [2.75, 3.05) is 27.3 Å². The Morgan fingerprint density at radius 1 is 1.10 bits per heavy atom. The fraction of sp³-hybridized carbons (Fsp3) is 0.435. The van der Waals surface area contributed by atoms with Gasteiger partial charge in [-0.25, -0.2) is 0 Å². The van der Waals surface area contributed by atoms with E-state index in [-0.39, 0.29) is 18.0 Å². The summed E-state index contributed by atoms with van der Waals surface area (Å²) in [5.41, 5.74) is 2.08. The van der Waals surface area contributed by atoms with Crippen molar-refractivity contribution in [2.45, 2.75) is 32.5 Å². The van der Waals surface area contributed by atoms with Gasteiger partial charge in [0, 0.05) is 60.1 Å². The summed E-state index contributed by atoms with van der Waals surface area (Å²) in [5.74, 6) is 1.37. The molecule has 3 heterocycles. The molecular formula is C23H30ClN3O3S. The second-order valence-electron chi connectivity index (χ2n) is 8.15. The van der Waals surface area contributed by atoms with Crippen LogP contribution in [0.15, 0.2) is 35.3 Å². The van der Waals surface area contributed by atoms with Crippen molar-refractivity contribution < 1.29 is 9.47 Å². The summed E-state index contributed by atoms with van der Waals surface area (Å²) in [5, 5.41) is 4.35. The number of halogens is 1. The van der Waals surface area contributed by atoms with E-state index in [0.29, 0.717) is 23.6 Å². The van der Waals surface area contributed by atoms with Crippen LogP contribution in [0.4, 0.5) is 0 Å². The van der Waals surface area contributed by atoms with Gasteiger partial charge in [-0.2, -0.15) is 0 Å². The summed E-state index contributed by atoms with van der Waals surface area (Å²) in [4.78, 5) is 16.5. The van der Waals surface area contributed by atoms with Gasteiger partial charge in [0.05, 0.1) is 19.6 Å². The van der Waals surface area contributed by atoms with Crippen LogP contribution in [-0.2, 0) is 13.6 Å². The van der Waals surface area contributed by atoms with Crippen LogP contribution in [0.3, 0.4) is 0 Å². The summed E-state index contributed by atoms with van der Waals surface area (Å²) in [6.45, 7) is 7.33. The van der Waals surface area contributed by atoms with E-state index in [4.69, 9.17) is 9.47 Å². The fourth-order valence-electron chi connectivity index (χ4n) is 4.38. The van der Waals surface area contributed by atoms with E-state index in [0.717, 1.165) is 40.8 Å². The second kappa shape index (κ2) is 9.61. The number of methoxy groups -OCH3 is 2. The Morgan fingerprint density at radius 2 is 1.77 bits per heavy atom. The molecule has 168 valence electrons. The number of hydrogen-bond donors (Lipinski definition) is 1. The van der Waals surface area contributed by atoms with E-state index >= 15 is 0 Å². The van der Waals surface area contributed by atoms with Crippen LogP contribution in [0.5, 0.6) is 11.5 Å². The molecule has 2 unspecified atom stereocenters. The number of rotatable bonds is 5. The topological polar surface area (TPSA) is 55.7 Å². The third kappa shape index (κ3) is 4.75. The number of nitrogens with one attached hydrogen (secondary N) is 1. The first-order chi connectivity index (χ1) is 14.4. The smallest absolute Gasteiger partial charge is 0.259 e. The Hall–Kier alpha value is -2.06. The molecule has 4 rings (SSSR count). The average Bonchev–Trinajstić information content (AvgIpc) is 3.13. The van der Waals surface area contributed by atoms with Gasteiger partial charge in [-0.15, -0.1) is 23.7 Å². The van der Waals surface area contributed by atoms with Gasteiger partial charge in [-0.3, -0.25) is 9.69 Å². The zero-order valence-corrected chi connectivity index (χ0v) is 20.2. The van der Waals surface area contributed by atoms with Crippen LogP contribution >= 0.6 is 23.7 Å². The fourth-order valence-corrected chi connectivity index (χ4v) is 5.60. The van der Waals surface area contributed by atoms with Crippen LogP contribution in [0.1, 0.15) is 18.7 Å². The Bertz CT molecular complexity index is 1120. The Morgan fingerprint density at radius 3 is 2.42 bits per heavy atom. The summed E-state index contributed by atoms with van der Waals surface area (Å²) >= 11 is 1.71. The normalized spacial score (nSPS) is 19.3. The third-order valence-electron chi connectivity index (χ3n) is 5.61. The predicted molar refractivity (Wildman–Crippen MR) is 130 cm³/mol. The summed E-state index contributed by atoms with van der Waals surface area (Å²) < 4.78 is 13.6. The van der Waals surface area contributed by atoms with Crippen LogP contribution in [0, 0.1) is 0 Å². The van der Waals surface area contributed by atoms with E-state index in [1.54, 1.807) is 30.1 Å². The minimum absolute atomic E-state index is 0. The van der Waals surface area contributed by atoms with Crippen molar-refractivity contribution in [3.05, 3.63) is 45.7 Å². The minimum Gasteiger partial charge on any atom is -0.493 e. The molecule has 8 heteroatoms. The summed E-state index contributed by atoms with van der Waals surface area (Å²) in [7, 11) is 5.07. The molecule has 0 amide bonds. The highest BCUT2D eigenvalue weighted by molar-refractivity contribution is 7.19.